The van der Waals surface area contributed by atoms with Crippen LogP contribution in [0.25, 0.3) is 38.5 Å². The number of allylic oxidation sites excluding steroid dienone is 5. The molecule has 3 aliphatic rings. The van der Waals surface area contributed by atoms with Crippen LogP contribution in [0.5, 0.6) is 0 Å². The van der Waals surface area contributed by atoms with Gasteiger partial charge in [0, 0.05) is 33.9 Å². The number of aromatic nitrogens is 1. The summed E-state index contributed by atoms with van der Waals surface area (Å²) in [5, 5.41) is 6.10. The van der Waals surface area contributed by atoms with Crippen LogP contribution in [0.2, 0.25) is 0 Å². The summed E-state index contributed by atoms with van der Waals surface area (Å²) in [6.45, 7) is 4.69. The highest BCUT2D eigenvalue weighted by molar-refractivity contribution is 6.12. The Morgan fingerprint density at radius 3 is 2.37 bits per heavy atom. The molecule has 3 heteroatoms. The molecule has 0 saturated heterocycles. The Kier molecular flexibility index (Phi) is 6.04. The molecule has 0 radical (unpaired) electrons. The summed E-state index contributed by atoms with van der Waals surface area (Å²) in [5.74, 6) is 0.429. The first-order valence-electron chi connectivity index (χ1n) is 16.3. The third-order valence-corrected chi connectivity index (χ3v) is 10.2. The number of nitrogens with one attached hydrogen (secondary N) is 1. The van der Waals surface area contributed by atoms with Gasteiger partial charge in [-0.1, -0.05) is 123 Å². The van der Waals surface area contributed by atoms with Crippen molar-refractivity contribution in [3.05, 3.63) is 174 Å². The number of aliphatic imine (C=N–C) groups is 1. The summed E-state index contributed by atoms with van der Waals surface area (Å²) < 4.78 is 2.38. The minimum atomic E-state index is -0.267. The van der Waals surface area contributed by atoms with Gasteiger partial charge in [0.05, 0.1) is 16.7 Å². The number of rotatable bonds is 4. The van der Waals surface area contributed by atoms with Gasteiger partial charge >= 0.3 is 0 Å². The van der Waals surface area contributed by atoms with Crippen molar-refractivity contribution < 1.29 is 0 Å². The summed E-state index contributed by atoms with van der Waals surface area (Å²) in [5.41, 5.74) is 13.7. The lowest BCUT2D eigenvalue weighted by atomic mass is 9.82. The molecule has 2 atom stereocenters. The van der Waals surface area contributed by atoms with E-state index in [0.717, 1.165) is 17.7 Å². The van der Waals surface area contributed by atoms with Crippen LogP contribution in [0, 0.1) is 0 Å². The van der Waals surface area contributed by atoms with Crippen molar-refractivity contribution >= 4 is 33.1 Å². The molecule has 9 rings (SSSR count). The largest absolute Gasteiger partial charge is 0.353 e. The molecule has 1 aromatic heterocycles. The molecule has 3 nitrogen and oxygen atoms in total. The average molecular weight is 594 g/mol. The zero-order chi connectivity index (χ0) is 30.8. The van der Waals surface area contributed by atoms with Crippen LogP contribution < -0.4 is 5.32 Å². The van der Waals surface area contributed by atoms with E-state index < -0.39 is 0 Å². The second-order valence-corrected chi connectivity index (χ2v) is 13.2. The summed E-state index contributed by atoms with van der Waals surface area (Å²) in [6, 6.07) is 42.0. The average Bonchev–Trinajstić information content (AvgIpc) is 3.56. The number of hydrogen-bond donors (Lipinski definition) is 1. The zero-order valence-electron chi connectivity index (χ0n) is 26.1. The normalized spacial score (nSPS) is 19.4. The molecule has 0 saturated carbocycles. The predicted molar refractivity (Wildman–Crippen MR) is 192 cm³/mol. The van der Waals surface area contributed by atoms with Crippen molar-refractivity contribution in [2.24, 2.45) is 4.99 Å². The van der Waals surface area contributed by atoms with Crippen molar-refractivity contribution in [2.45, 2.75) is 37.9 Å². The number of nitrogens with zero attached hydrogens (tertiary/aromatic N) is 2. The van der Waals surface area contributed by atoms with E-state index in [2.05, 4.69) is 169 Å². The van der Waals surface area contributed by atoms with Gasteiger partial charge in [0.15, 0.2) is 0 Å². The first-order chi connectivity index (χ1) is 22.6. The van der Waals surface area contributed by atoms with Gasteiger partial charge < -0.3 is 9.88 Å². The van der Waals surface area contributed by atoms with Gasteiger partial charge in [-0.15, -0.1) is 0 Å². The third kappa shape index (κ3) is 4.15. The molecule has 0 fully saturated rings. The van der Waals surface area contributed by atoms with Crippen molar-refractivity contribution in [1.82, 2.24) is 9.88 Å². The first-order valence-corrected chi connectivity index (χ1v) is 16.3. The Hall–Kier alpha value is -5.41. The molecule has 1 N–H and O–H groups in total. The highest BCUT2D eigenvalue weighted by atomic mass is 15.3. The van der Waals surface area contributed by atoms with Gasteiger partial charge in [-0.2, -0.15) is 0 Å². The maximum Gasteiger partial charge on any atom is 0.201 e. The Balaban J connectivity index is 1.11. The molecule has 0 amide bonds. The maximum atomic E-state index is 5.35. The van der Waals surface area contributed by atoms with Gasteiger partial charge in [-0.3, -0.25) is 0 Å². The van der Waals surface area contributed by atoms with Gasteiger partial charge in [0.25, 0.3) is 0 Å². The molecule has 46 heavy (non-hydrogen) atoms. The van der Waals surface area contributed by atoms with E-state index in [0.29, 0.717) is 5.92 Å². The van der Waals surface area contributed by atoms with Crippen molar-refractivity contribution in [1.29, 1.82) is 0 Å². The second kappa shape index (κ2) is 10.3. The molecule has 0 spiro atoms. The van der Waals surface area contributed by atoms with Crippen LogP contribution in [0.3, 0.4) is 0 Å². The van der Waals surface area contributed by atoms with Crippen LogP contribution in [-0.4, -0.2) is 10.3 Å². The Bertz CT molecular complexity index is 2290. The monoisotopic (exact) mass is 593 g/mol. The van der Waals surface area contributed by atoms with Crippen LogP contribution in [-0.2, 0) is 5.41 Å². The van der Waals surface area contributed by atoms with Crippen LogP contribution in [0.15, 0.2) is 151 Å². The predicted octanol–water partition coefficient (Wildman–Crippen LogP) is 10.3. The summed E-state index contributed by atoms with van der Waals surface area (Å²) in [6.07, 6.45) is 11.9. The lowest BCUT2D eigenvalue weighted by Gasteiger charge is -2.24. The van der Waals surface area contributed by atoms with Crippen LogP contribution in [0.4, 0.5) is 0 Å². The molecular weight excluding hydrogens is 558 g/mol. The minimum absolute atomic E-state index is 0.0699. The molecule has 2 heterocycles. The fourth-order valence-electron chi connectivity index (χ4n) is 7.82. The second-order valence-electron chi connectivity index (χ2n) is 13.2. The lowest BCUT2D eigenvalue weighted by Crippen LogP contribution is -2.25. The SMILES string of the molecule is CC1(C)c2ccccc2-c2cc3c4ccccc4n(C4N=C(c5cccc(C6=CCC(c7ccccc7)C=C6)c5)C=CN4)c3cc21. The molecule has 1 aliphatic heterocycles. The topological polar surface area (TPSA) is 29.3 Å². The van der Waals surface area contributed by atoms with E-state index in [9.17, 15) is 0 Å². The first kappa shape index (κ1) is 26.9. The van der Waals surface area contributed by atoms with Crippen molar-refractivity contribution in [3.8, 4) is 11.1 Å². The molecule has 222 valence electrons. The van der Waals surface area contributed by atoms with Crippen molar-refractivity contribution in [3.63, 3.8) is 0 Å². The standard InChI is InChI=1S/C43H35N3/c1-43(2)37-17-8-6-15-33(37)35-26-36-34-16-7-9-18-40(34)46(41(36)27-38(35)43)42-44-24-23-39(45-42)32-14-10-13-31(25-32)30-21-19-29(20-22-30)28-11-4-3-5-12-28/h3-19,21-27,29,42,44H,20H2,1-2H3. The quantitative estimate of drug-likeness (QED) is 0.216. The summed E-state index contributed by atoms with van der Waals surface area (Å²) in [4.78, 5) is 5.35. The smallest absolute Gasteiger partial charge is 0.201 e. The Labute approximate surface area is 269 Å². The molecule has 0 bridgehead atoms. The van der Waals surface area contributed by atoms with Gasteiger partial charge in [-0.25, -0.2) is 4.99 Å². The number of benzene rings is 5. The van der Waals surface area contributed by atoms with E-state index in [1.165, 1.54) is 60.8 Å². The number of hydrogen-bond acceptors (Lipinski definition) is 2. The summed E-state index contributed by atoms with van der Waals surface area (Å²) >= 11 is 0. The van der Waals surface area contributed by atoms with E-state index in [4.69, 9.17) is 4.99 Å². The zero-order valence-corrected chi connectivity index (χ0v) is 26.1. The van der Waals surface area contributed by atoms with Crippen LogP contribution >= 0.6 is 0 Å². The van der Waals surface area contributed by atoms with Gasteiger partial charge in [0.2, 0.25) is 6.29 Å². The highest BCUT2D eigenvalue weighted by Gasteiger charge is 2.36. The molecule has 5 aromatic carbocycles. The van der Waals surface area contributed by atoms with E-state index in [1.54, 1.807) is 0 Å². The van der Waals surface area contributed by atoms with E-state index in [1.807, 2.05) is 0 Å². The Morgan fingerprint density at radius 1 is 0.696 bits per heavy atom. The van der Waals surface area contributed by atoms with Gasteiger partial charge in [-0.05, 0) is 75.7 Å². The highest BCUT2D eigenvalue weighted by Crippen LogP contribution is 2.51. The number of para-hydroxylation sites is 1. The fraction of sp³-hybridized carbons (Fsp3) is 0.140. The van der Waals surface area contributed by atoms with Crippen LogP contribution in [0.1, 0.15) is 60.3 Å². The van der Waals surface area contributed by atoms with E-state index in [-0.39, 0.29) is 11.7 Å². The molecule has 2 aliphatic carbocycles. The maximum absolute atomic E-state index is 5.35. The van der Waals surface area contributed by atoms with Gasteiger partial charge in [0.1, 0.15) is 0 Å². The Morgan fingerprint density at radius 2 is 1.50 bits per heavy atom. The molecule has 2 unspecified atom stereocenters. The minimum Gasteiger partial charge on any atom is -0.353 e. The fourth-order valence-corrected chi connectivity index (χ4v) is 7.82. The van der Waals surface area contributed by atoms with E-state index >= 15 is 0 Å². The summed E-state index contributed by atoms with van der Waals surface area (Å²) in [7, 11) is 0. The third-order valence-electron chi connectivity index (χ3n) is 10.2. The van der Waals surface area contributed by atoms with Crippen molar-refractivity contribution in [2.75, 3.05) is 0 Å². The molecule has 6 aromatic rings. The lowest BCUT2D eigenvalue weighted by molar-refractivity contribution is 0.498. The molecular formula is C43H35N3. The number of fused-ring (bicyclic) bond motifs is 6.